The molecular formula is C17H12BrClO3. The summed E-state index contributed by atoms with van der Waals surface area (Å²) in [6.07, 6.45) is 1.65. The van der Waals surface area contributed by atoms with Gasteiger partial charge in [0.05, 0.1) is 10.0 Å². The molecule has 0 fully saturated rings. The Bertz CT molecular complexity index is 840. The molecule has 0 radical (unpaired) electrons. The van der Waals surface area contributed by atoms with Crippen molar-refractivity contribution < 1.29 is 14.6 Å². The first kappa shape index (κ1) is 15.1. The van der Waals surface area contributed by atoms with Gasteiger partial charge in [0.1, 0.15) is 11.5 Å². The van der Waals surface area contributed by atoms with E-state index in [0.717, 1.165) is 16.7 Å². The SMILES string of the molecule is Cc1cc2c(c(C)c1Cl)C(=O)C(=Cc1ccc(O)c(Br)c1)O2. The van der Waals surface area contributed by atoms with Crippen LogP contribution in [0, 0.1) is 13.8 Å². The second-order valence-electron chi connectivity index (χ2n) is 5.16. The fraction of sp³-hybridized carbons (Fsp3) is 0.118. The van der Waals surface area contributed by atoms with Gasteiger partial charge in [0.15, 0.2) is 5.76 Å². The summed E-state index contributed by atoms with van der Waals surface area (Å²) < 4.78 is 6.24. The Morgan fingerprint density at radius 2 is 2.00 bits per heavy atom. The third-order valence-corrected chi connectivity index (χ3v) is 4.80. The van der Waals surface area contributed by atoms with E-state index in [9.17, 15) is 9.90 Å². The number of allylic oxidation sites excluding steroid dienone is 1. The molecule has 2 aromatic carbocycles. The van der Waals surface area contributed by atoms with Gasteiger partial charge in [-0.25, -0.2) is 0 Å². The Morgan fingerprint density at radius 3 is 2.68 bits per heavy atom. The highest BCUT2D eigenvalue weighted by molar-refractivity contribution is 9.10. The first-order valence-electron chi connectivity index (χ1n) is 6.61. The molecule has 1 aliphatic rings. The van der Waals surface area contributed by atoms with E-state index in [1.54, 1.807) is 30.3 Å². The number of phenols is 1. The van der Waals surface area contributed by atoms with Crippen molar-refractivity contribution in [1.82, 2.24) is 0 Å². The Morgan fingerprint density at radius 1 is 1.27 bits per heavy atom. The minimum atomic E-state index is -0.182. The topological polar surface area (TPSA) is 46.5 Å². The Balaban J connectivity index is 2.05. The number of hydrogen-bond donors (Lipinski definition) is 1. The molecule has 0 atom stereocenters. The third kappa shape index (κ3) is 2.42. The fourth-order valence-electron chi connectivity index (χ4n) is 2.43. The van der Waals surface area contributed by atoms with E-state index in [1.165, 1.54) is 0 Å². The summed E-state index contributed by atoms with van der Waals surface area (Å²) in [5, 5.41) is 10.1. The van der Waals surface area contributed by atoms with Crippen LogP contribution in [0.3, 0.4) is 0 Å². The molecule has 0 saturated heterocycles. The van der Waals surface area contributed by atoms with Crippen LogP contribution in [0.15, 0.2) is 34.5 Å². The van der Waals surface area contributed by atoms with Crippen molar-refractivity contribution in [3.63, 3.8) is 0 Å². The van der Waals surface area contributed by atoms with E-state index < -0.39 is 0 Å². The summed E-state index contributed by atoms with van der Waals surface area (Å²) in [5.74, 6) is 0.742. The highest BCUT2D eigenvalue weighted by Gasteiger charge is 2.30. The predicted octanol–water partition coefficient (Wildman–Crippen LogP) is 5.04. The highest BCUT2D eigenvalue weighted by atomic mass is 79.9. The van der Waals surface area contributed by atoms with Crippen LogP contribution in [0.5, 0.6) is 11.5 Å². The highest BCUT2D eigenvalue weighted by Crippen LogP contribution is 2.39. The monoisotopic (exact) mass is 378 g/mol. The van der Waals surface area contributed by atoms with Gasteiger partial charge < -0.3 is 9.84 Å². The van der Waals surface area contributed by atoms with E-state index in [4.69, 9.17) is 16.3 Å². The Labute approximate surface area is 141 Å². The zero-order valence-corrected chi connectivity index (χ0v) is 14.2. The standard InChI is InChI=1S/C17H12BrClO3/c1-8-5-13-15(9(2)16(8)19)17(21)14(22-13)7-10-3-4-12(20)11(18)6-10/h3-7,20H,1-2H3. The van der Waals surface area contributed by atoms with Gasteiger partial charge in [0.25, 0.3) is 0 Å². The van der Waals surface area contributed by atoms with E-state index in [0.29, 0.717) is 20.8 Å². The average Bonchev–Trinajstić information content (AvgIpc) is 2.77. The molecule has 1 aliphatic heterocycles. The number of aromatic hydroxyl groups is 1. The van der Waals surface area contributed by atoms with Crippen LogP contribution in [0.25, 0.3) is 6.08 Å². The zero-order chi connectivity index (χ0) is 16.0. The lowest BCUT2D eigenvalue weighted by atomic mass is 10.0. The second-order valence-corrected chi connectivity index (χ2v) is 6.39. The number of carbonyl (C=O) groups excluding carboxylic acids is 1. The Hall–Kier alpha value is -1.78. The van der Waals surface area contributed by atoms with Crippen LogP contribution in [-0.2, 0) is 0 Å². The van der Waals surface area contributed by atoms with E-state index in [2.05, 4.69) is 15.9 Å². The number of hydrogen-bond acceptors (Lipinski definition) is 3. The maximum Gasteiger partial charge on any atom is 0.232 e. The zero-order valence-electron chi connectivity index (χ0n) is 11.9. The maximum absolute atomic E-state index is 12.5. The van der Waals surface area contributed by atoms with Gasteiger partial charge in [0.2, 0.25) is 5.78 Å². The predicted molar refractivity (Wildman–Crippen MR) is 89.7 cm³/mol. The van der Waals surface area contributed by atoms with Crippen molar-refractivity contribution >= 4 is 39.4 Å². The number of ether oxygens (including phenoxy) is 1. The number of phenolic OH excluding ortho intramolecular Hbond substituents is 1. The minimum absolute atomic E-state index is 0.141. The molecule has 112 valence electrons. The van der Waals surface area contributed by atoms with Crippen molar-refractivity contribution in [3.05, 3.63) is 61.8 Å². The number of fused-ring (bicyclic) bond motifs is 1. The van der Waals surface area contributed by atoms with E-state index in [-0.39, 0.29) is 17.3 Å². The quantitative estimate of drug-likeness (QED) is 0.706. The molecule has 0 bridgehead atoms. The van der Waals surface area contributed by atoms with Crippen LogP contribution in [0.1, 0.15) is 27.0 Å². The number of halogens is 2. The maximum atomic E-state index is 12.5. The minimum Gasteiger partial charge on any atom is -0.507 e. The molecule has 0 aromatic heterocycles. The van der Waals surface area contributed by atoms with Gasteiger partial charge in [-0.1, -0.05) is 17.7 Å². The van der Waals surface area contributed by atoms with Crippen molar-refractivity contribution in [2.24, 2.45) is 0 Å². The number of Topliss-reactive ketones (excluding diaryl/α,β-unsaturated/α-hetero) is 1. The average molecular weight is 380 g/mol. The summed E-state index contributed by atoms with van der Waals surface area (Å²) in [6, 6.07) is 6.75. The lowest BCUT2D eigenvalue weighted by Crippen LogP contribution is -2.00. The van der Waals surface area contributed by atoms with Gasteiger partial charge in [0, 0.05) is 5.02 Å². The normalized spacial score (nSPS) is 15.1. The third-order valence-electron chi connectivity index (χ3n) is 3.58. The van der Waals surface area contributed by atoms with Crippen LogP contribution >= 0.6 is 27.5 Å². The summed E-state index contributed by atoms with van der Waals surface area (Å²) in [5.41, 5.74) is 2.87. The second kappa shape index (κ2) is 5.45. The molecule has 0 aliphatic carbocycles. The molecular weight excluding hydrogens is 368 g/mol. The van der Waals surface area contributed by atoms with Crippen LogP contribution in [0.2, 0.25) is 5.02 Å². The summed E-state index contributed by atoms with van der Waals surface area (Å²) in [6.45, 7) is 3.69. The van der Waals surface area contributed by atoms with Gasteiger partial charge in [-0.15, -0.1) is 0 Å². The molecule has 1 heterocycles. The van der Waals surface area contributed by atoms with Crippen LogP contribution in [0.4, 0.5) is 0 Å². The van der Waals surface area contributed by atoms with Gasteiger partial charge in [-0.05, 0) is 70.7 Å². The van der Waals surface area contributed by atoms with Crippen molar-refractivity contribution in [1.29, 1.82) is 0 Å². The number of rotatable bonds is 1. The lowest BCUT2D eigenvalue weighted by Gasteiger charge is -2.05. The molecule has 0 spiro atoms. The van der Waals surface area contributed by atoms with Gasteiger partial charge >= 0.3 is 0 Å². The summed E-state index contributed by atoms with van der Waals surface area (Å²) in [7, 11) is 0. The van der Waals surface area contributed by atoms with E-state index >= 15 is 0 Å². The van der Waals surface area contributed by atoms with Gasteiger partial charge in [-0.2, -0.15) is 0 Å². The molecule has 5 heteroatoms. The smallest absolute Gasteiger partial charge is 0.232 e. The number of benzene rings is 2. The molecule has 22 heavy (non-hydrogen) atoms. The van der Waals surface area contributed by atoms with Gasteiger partial charge in [-0.3, -0.25) is 4.79 Å². The molecule has 3 rings (SSSR count). The molecule has 0 unspecified atom stereocenters. The number of carbonyl (C=O) groups is 1. The first-order valence-corrected chi connectivity index (χ1v) is 7.78. The van der Waals surface area contributed by atoms with Crippen molar-refractivity contribution in [2.75, 3.05) is 0 Å². The molecule has 1 N–H and O–H groups in total. The lowest BCUT2D eigenvalue weighted by molar-refractivity contribution is 0.101. The van der Waals surface area contributed by atoms with E-state index in [1.807, 2.05) is 13.8 Å². The number of ketones is 1. The fourth-order valence-corrected chi connectivity index (χ4v) is 2.98. The van der Waals surface area contributed by atoms with Crippen molar-refractivity contribution in [2.45, 2.75) is 13.8 Å². The Kier molecular flexibility index (Phi) is 3.75. The molecule has 0 saturated carbocycles. The first-order chi connectivity index (χ1) is 10.4. The summed E-state index contributed by atoms with van der Waals surface area (Å²) in [4.78, 5) is 12.5. The van der Waals surface area contributed by atoms with Crippen molar-refractivity contribution in [3.8, 4) is 11.5 Å². The summed E-state index contributed by atoms with van der Waals surface area (Å²) >= 11 is 9.46. The molecule has 3 nitrogen and oxygen atoms in total. The number of aryl methyl sites for hydroxylation is 1. The molecule has 2 aromatic rings. The van der Waals surface area contributed by atoms with Crippen LogP contribution < -0.4 is 4.74 Å². The molecule has 0 amide bonds. The largest absolute Gasteiger partial charge is 0.507 e. The van der Waals surface area contributed by atoms with Crippen LogP contribution in [-0.4, -0.2) is 10.9 Å².